The van der Waals surface area contributed by atoms with Crippen LogP contribution in [0.4, 0.5) is 0 Å². The SMILES string of the molecule is Cl.NCCCCCCC(=O)NC(Cc1ccccc1)c1cccs1. The van der Waals surface area contributed by atoms with Crippen molar-refractivity contribution in [2.45, 2.75) is 44.6 Å². The lowest BCUT2D eigenvalue weighted by atomic mass is 10.0. The van der Waals surface area contributed by atoms with E-state index in [2.05, 4.69) is 28.9 Å². The monoisotopic (exact) mass is 366 g/mol. The highest BCUT2D eigenvalue weighted by Gasteiger charge is 2.16. The zero-order valence-corrected chi connectivity index (χ0v) is 15.6. The normalized spacial score (nSPS) is 11.5. The van der Waals surface area contributed by atoms with E-state index in [1.165, 1.54) is 10.4 Å². The van der Waals surface area contributed by atoms with E-state index in [0.29, 0.717) is 6.42 Å². The van der Waals surface area contributed by atoms with Crippen LogP contribution in [-0.4, -0.2) is 12.5 Å². The highest BCUT2D eigenvalue weighted by molar-refractivity contribution is 7.10. The van der Waals surface area contributed by atoms with Gasteiger partial charge in [-0.25, -0.2) is 0 Å². The Bertz CT molecular complexity index is 560. The number of hydrogen-bond donors (Lipinski definition) is 2. The molecular weight excluding hydrogens is 340 g/mol. The highest BCUT2D eigenvalue weighted by atomic mass is 35.5. The third-order valence-corrected chi connectivity index (χ3v) is 4.85. The molecule has 1 aromatic heterocycles. The number of rotatable bonds is 10. The van der Waals surface area contributed by atoms with Crippen molar-refractivity contribution in [3.05, 3.63) is 58.3 Å². The fourth-order valence-corrected chi connectivity index (χ4v) is 3.39. The predicted octanol–water partition coefficient (Wildman–Crippen LogP) is 4.48. The standard InChI is InChI=1S/C19H26N2OS.ClH/c20-13-7-2-1-6-12-19(22)21-17(18-11-8-14-23-18)15-16-9-4-3-5-10-16;/h3-5,8-11,14,17H,1-2,6-7,12-13,15,20H2,(H,21,22);1H. The zero-order valence-electron chi connectivity index (χ0n) is 13.9. The van der Waals surface area contributed by atoms with Crippen LogP contribution in [0.3, 0.4) is 0 Å². The van der Waals surface area contributed by atoms with Gasteiger partial charge >= 0.3 is 0 Å². The van der Waals surface area contributed by atoms with Gasteiger partial charge in [0, 0.05) is 11.3 Å². The molecule has 5 heteroatoms. The summed E-state index contributed by atoms with van der Waals surface area (Å²) >= 11 is 1.70. The Morgan fingerprint density at radius 2 is 1.79 bits per heavy atom. The fourth-order valence-electron chi connectivity index (χ4n) is 2.61. The molecule has 1 amide bonds. The van der Waals surface area contributed by atoms with E-state index >= 15 is 0 Å². The van der Waals surface area contributed by atoms with E-state index in [-0.39, 0.29) is 24.4 Å². The van der Waals surface area contributed by atoms with Crippen LogP contribution in [0.2, 0.25) is 0 Å². The summed E-state index contributed by atoms with van der Waals surface area (Å²) in [5, 5.41) is 5.27. The first kappa shape index (κ1) is 20.7. The van der Waals surface area contributed by atoms with Gasteiger partial charge in [0.1, 0.15) is 0 Å². The largest absolute Gasteiger partial charge is 0.348 e. The third-order valence-electron chi connectivity index (χ3n) is 3.86. The van der Waals surface area contributed by atoms with E-state index in [9.17, 15) is 4.79 Å². The van der Waals surface area contributed by atoms with Gasteiger partial charge in [-0.3, -0.25) is 4.79 Å². The first-order valence-electron chi connectivity index (χ1n) is 8.36. The van der Waals surface area contributed by atoms with Crippen molar-refractivity contribution < 1.29 is 4.79 Å². The summed E-state index contributed by atoms with van der Waals surface area (Å²) in [5.74, 6) is 0.145. The lowest BCUT2D eigenvalue weighted by molar-refractivity contribution is -0.121. The van der Waals surface area contributed by atoms with Crippen LogP contribution in [0.1, 0.15) is 48.6 Å². The number of carbonyl (C=O) groups excluding carboxylic acids is 1. The van der Waals surface area contributed by atoms with Crippen molar-refractivity contribution >= 4 is 29.7 Å². The molecule has 0 aliphatic heterocycles. The molecule has 1 aromatic carbocycles. The molecule has 0 spiro atoms. The average molecular weight is 367 g/mol. The maximum absolute atomic E-state index is 12.2. The van der Waals surface area contributed by atoms with Gasteiger partial charge in [0.2, 0.25) is 5.91 Å². The van der Waals surface area contributed by atoms with Crippen molar-refractivity contribution in [3.8, 4) is 0 Å². The molecular formula is C19H27ClN2OS. The predicted molar refractivity (Wildman–Crippen MR) is 105 cm³/mol. The van der Waals surface area contributed by atoms with Gasteiger partial charge in [-0.2, -0.15) is 0 Å². The maximum Gasteiger partial charge on any atom is 0.220 e. The van der Waals surface area contributed by atoms with Crippen molar-refractivity contribution in [2.75, 3.05) is 6.54 Å². The van der Waals surface area contributed by atoms with E-state index in [1.807, 2.05) is 24.3 Å². The molecule has 132 valence electrons. The summed E-state index contributed by atoms with van der Waals surface area (Å²) in [6.07, 6.45) is 5.61. The summed E-state index contributed by atoms with van der Waals surface area (Å²) in [6, 6.07) is 14.5. The minimum absolute atomic E-state index is 0. The van der Waals surface area contributed by atoms with E-state index in [1.54, 1.807) is 11.3 Å². The van der Waals surface area contributed by atoms with Gasteiger partial charge in [-0.05, 0) is 42.8 Å². The quantitative estimate of drug-likeness (QED) is 0.609. The van der Waals surface area contributed by atoms with Gasteiger partial charge < -0.3 is 11.1 Å². The third kappa shape index (κ3) is 7.47. The molecule has 0 bridgehead atoms. The number of nitrogens with two attached hydrogens (primary N) is 1. The first-order chi connectivity index (χ1) is 11.3. The Kier molecular flexibility index (Phi) is 10.4. The second kappa shape index (κ2) is 12.1. The number of hydrogen-bond acceptors (Lipinski definition) is 3. The van der Waals surface area contributed by atoms with Crippen LogP contribution in [0.15, 0.2) is 47.8 Å². The molecule has 1 heterocycles. The van der Waals surface area contributed by atoms with Crippen molar-refractivity contribution in [3.63, 3.8) is 0 Å². The Hall–Kier alpha value is -1.36. The number of amides is 1. The number of benzene rings is 1. The van der Waals surface area contributed by atoms with Gasteiger partial charge in [0.15, 0.2) is 0 Å². The second-order valence-electron chi connectivity index (χ2n) is 5.78. The van der Waals surface area contributed by atoms with Crippen LogP contribution in [0.5, 0.6) is 0 Å². The van der Waals surface area contributed by atoms with E-state index < -0.39 is 0 Å². The van der Waals surface area contributed by atoms with Crippen molar-refractivity contribution in [1.82, 2.24) is 5.32 Å². The second-order valence-corrected chi connectivity index (χ2v) is 6.76. The van der Waals surface area contributed by atoms with Crippen molar-refractivity contribution in [1.29, 1.82) is 0 Å². The molecule has 0 saturated carbocycles. The van der Waals surface area contributed by atoms with Gasteiger partial charge in [-0.15, -0.1) is 23.7 Å². The Labute approximate surface area is 155 Å². The highest BCUT2D eigenvalue weighted by Crippen LogP contribution is 2.23. The molecule has 0 aliphatic rings. The van der Waals surface area contributed by atoms with Gasteiger partial charge in [0.05, 0.1) is 6.04 Å². The summed E-state index contributed by atoms with van der Waals surface area (Å²) in [7, 11) is 0. The van der Waals surface area contributed by atoms with Crippen LogP contribution in [0, 0.1) is 0 Å². The number of unbranched alkanes of at least 4 members (excludes halogenated alkanes) is 3. The minimum Gasteiger partial charge on any atom is -0.348 e. The molecule has 3 nitrogen and oxygen atoms in total. The van der Waals surface area contributed by atoms with Crippen molar-refractivity contribution in [2.24, 2.45) is 5.73 Å². The molecule has 1 unspecified atom stereocenters. The van der Waals surface area contributed by atoms with E-state index in [4.69, 9.17) is 5.73 Å². The lowest BCUT2D eigenvalue weighted by Crippen LogP contribution is -2.29. The number of carbonyl (C=O) groups is 1. The number of nitrogens with one attached hydrogen (secondary N) is 1. The van der Waals surface area contributed by atoms with Crippen LogP contribution >= 0.6 is 23.7 Å². The summed E-state index contributed by atoms with van der Waals surface area (Å²) in [6.45, 7) is 0.740. The van der Waals surface area contributed by atoms with Crippen LogP contribution in [-0.2, 0) is 11.2 Å². The molecule has 0 saturated heterocycles. The zero-order chi connectivity index (χ0) is 16.3. The van der Waals surface area contributed by atoms with E-state index in [0.717, 1.165) is 38.6 Å². The first-order valence-corrected chi connectivity index (χ1v) is 9.24. The topological polar surface area (TPSA) is 55.1 Å². The summed E-state index contributed by atoms with van der Waals surface area (Å²) in [5.41, 5.74) is 6.73. The molecule has 2 rings (SSSR count). The molecule has 0 aliphatic carbocycles. The lowest BCUT2D eigenvalue weighted by Gasteiger charge is -2.18. The Morgan fingerprint density at radius 3 is 2.46 bits per heavy atom. The van der Waals surface area contributed by atoms with Gasteiger partial charge in [-0.1, -0.05) is 49.2 Å². The maximum atomic E-state index is 12.2. The van der Waals surface area contributed by atoms with Crippen LogP contribution in [0.25, 0.3) is 0 Å². The summed E-state index contributed by atoms with van der Waals surface area (Å²) in [4.78, 5) is 13.5. The molecule has 2 aromatic rings. The average Bonchev–Trinajstić information content (AvgIpc) is 3.09. The molecule has 1 atom stereocenters. The smallest absolute Gasteiger partial charge is 0.220 e. The number of halogens is 1. The summed E-state index contributed by atoms with van der Waals surface area (Å²) < 4.78 is 0. The molecule has 0 radical (unpaired) electrons. The Balaban J connectivity index is 0.00000288. The van der Waals surface area contributed by atoms with Crippen LogP contribution < -0.4 is 11.1 Å². The Morgan fingerprint density at radius 1 is 1.04 bits per heavy atom. The minimum atomic E-state index is 0. The number of thiophene rings is 1. The van der Waals surface area contributed by atoms with Gasteiger partial charge in [0.25, 0.3) is 0 Å². The molecule has 24 heavy (non-hydrogen) atoms. The molecule has 3 N–H and O–H groups in total. The fraction of sp³-hybridized carbons (Fsp3) is 0.421. The molecule has 0 fully saturated rings.